The fourth-order valence-corrected chi connectivity index (χ4v) is 2.69. The summed E-state index contributed by atoms with van der Waals surface area (Å²) in [6, 6.07) is 7.64. The van der Waals surface area contributed by atoms with Crippen LogP contribution in [0.2, 0.25) is 0 Å². The highest BCUT2D eigenvalue weighted by Crippen LogP contribution is 2.17. The number of aryl methyl sites for hydroxylation is 1. The van der Waals surface area contributed by atoms with Crippen LogP contribution in [-0.2, 0) is 12.8 Å². The first kappa shape index (κ1) is 16.4. The molecule has 1 atom stereocenters. The van der Waals surface area contributed by atoms with Gasteiger partial charge in [0.2, 0.25) is 0 Å². The maximum Gasteiger partial charge on any atom is 0.319 e. The Hall–Kier alpha value is -1.95. The average Bonchev–Trinajstić information content (AvgIpc) is 2.92. The second-order valence-electron chi connectivity index (χ2n) is 5.11. The van der Waals surface area contributed by atoms with Gasteiger partial charge in [-0.2, -0.15) is 16.9 Å². The number of carbonyl (C=O) groups is 1. The molecule has 118 valence electrons. The molecule has 0 fully saturated rings. The van der Waals surface area contributed by atoms with Crippen LogP contribution in [0.3, 0.4) is 0 Å². The molecule has 2 rings (SSSR count). The molecule has 5 nitrogen and oxygen atoms in total. The van der Waals surface area contributed by atoms with Gasteiger partial charge >= 0.3 is 6.03 Å². The minimum atomic E-state index is -0.211. The SMILES string of the molecule is CCSCc1cccc(NC(=O)NC(C)c2cnn(C)c2)c1. The first-order valence-corrected chi connectivity index (χ1v) is 8.46. The van der Waals surface area contributed by atoms with Gasteiger partial charge in [-0.3, -0.25) is 4.68 Å². The molecule has 1 unspecified atom stereocenters. The summed E-state index contributed by atoms with van der Waals surface area (Å²) in [7, 11) is 1.86. The smallest absolute Gasteiger partial charge is 0.319 e. The lowest BCUT2D eigenvalue weighted by molar-refractivity contribution is 0.249. The van der Waals surface area contributed by atoms with E-state index in [9.17, 15) is 4.79 Å². The Morgan fingerprint density at radius 3 is 2.95 bits per heavy atom. The zero-order valence-electron chi connectivity index (χ0n) is 13.2. The zero-order chi connectivity index (χ0) is 15.9. The molecule has 0 saturated heterocycles. The van der Waals surface area contributed by atoms with Crippen LogP contribution in [0.4, 0.5) is 10.5 Å². The van der Waals surface area contributed by atoms with Crippen LogP contribution >= 0.6 is 11.8 Å². The van der Waals surface area contributed by atoms with Crippen molar-refractivity contribution in [3.05, 3.63) is 47.8 Å². The predicted molar refractivity (Wildman–Crippen MR) is 92.1 cm³/mol. The van der Waals surface area contributed by atoms with Crippen molar-refractivity contribution < 1.29 is 4.79 Å². The number of hydrogen-bond donors (Lipinski definition) is 2. The number of amides is 2. The van der Waals surface area contributed by atoms with E-state index in [-0.39, 0.29) is 12.1 Å². The third-order valence-electron chi connectivity index (χ3n) is 3.23. The number of carbonyl (C=O) groups excluding carboxylic acids is 1. The maximum atomic E-state index is 12.1. The van der Waals surface area contributed by atoms with Crippen molar-refractivity contribution in [1.29, 1.82) is 0 Å². The third-order valence-corrected chi connectivity index (χ3v) is 4.18. The Balaban J connectivity index is 1.91. The predicted octanol–water partition coefficient (Wildman–Crippen LogP) is 3.56. The third kappa shape index (κ3) is 4.80. The number of rotatable bonds is 6. The standard InChI is InChI=1S/C16H22N4OS/c1-4-22-11-13-6-5-7-15(8-13)19-16(21)18-12(2)14-9-17-20(3)10-14/h5-10,12H,4,11H2,1-3H3,(H2,18,19,21). The van der Waals surface area contributed by atoms with E-state index in [1.165, 1.54) is 5.56 Å². The van der Waals surface area contributed by atoms with Crippen LogP contribution in [0.15, 0.2) is 36.7 Å². The van der Waals surface area contributed by atoms with Gasteiger partial charge in [0.05, 0.1) is 12.2 Å². The Morgan fingerprint density at radius 1 is 1.45 bits per heavy atom. The van der Waals surface area contributed by atoms with Crippen molar-refractivity contribution in [2.75, 3.05) is 11.1 Å². The molecule has 1 aromatic heterocycles. The van der Waals surface area contributed by atoms with Crippen LogP contribution < -0.4 is 10.6 Å². The Morgan fingerprint density at radius 2 is 2.27 bits per heavy atom. The molecule has 2 aromatic rings. The van der Waals surface area contributed by atoms with E-state index in [1.54, 1.807) is 10.9 Å². The second-order valence-corrected chi connectivity index (χ2v) is 6.38. The molecule has 6 heteroatoms. The molecule has 0 saturated carbocycles. The van der Waals surface area contributed by atoms with Crippen molar-refractivity contribution in [2.45, 2.75) is 25.6 Å². The molecule has 0 radical (unpaired) electrons. The Bertz CT molecular complexity index is 626. The number of nitrogens with one attached hydrogen (secondary N) is 2. The molecule has 0 aliphatic rings. The van der Waals surface area contributed by atoms with E-state index in [4.69, 9.17) is 0 Å². The van der Waals surface area contributed by atoms with Crippen LogP contribution in [-0.4, -0.2) is 21.6 Å². The van der Waals surface area contributed by atoms with Crippen molar-refractivity contribution in [3.63, 3.8) is 0 Å². The van der Waals surface area contributed by atoms with Gasteiger partial charge in [0, 0.05) is 30.2 Å². The van der Waals surface area contributed by atoms with Crippen molar-refractivity contribution in [3.8, 4) is 0 Å². The fourth-order valence-electron chi connectivity index (χ4n) is 2.07. The molecular weight excluding hydrogens is 296 g/mol. The number of aromatic nitrogens is 2. The summed E-state index contributed by atoms with van der Waals surface area (Å²) in [5.74, 6) is 2.04. The van der Waals surface area contributed by atoms with E-state index in [1.807, 2.05) is 50.1 Å². The summed E-state index contributed by atoms with van der Waals surface area (Å²) in [4.78, 5) is 12.1. The topological polar surface area (TPSA) is 59.0 Å². The van der Waals surface area contributed by atoms with Gasteiger partial charge in [-0.05, 0) is 30.4 Å². The van der Waals surface area contributed by atoms with Gasteiger partial charge in [-0.15, -0.1) is 0 Å². The molecule has 0 aliphatic heterocycles. The van der Waals surface area contributed by atoms with E-state index < -0.39 is 0 Å². The lowest BCUT2D eigenvalue weighted by Crippen LogP contribution is -2.31. The van der Waals surface area contributed by atoms with Gasteiger partial charge in [0.25, 0.3) is 0 Å². The molecular formula is C16H22N4OS. The summed E-state index contributed by atoms with van der Waals surface area (Å²) in [6.45, 7) is 4.07. The number of benzene rings is 1. The molecule has 22 heavy (non-hydrogen) atoms. The minimum absolute atomic E-state index is 0.0903. The lowest BCUT2D eigenvalue weighted by atomic mass is 10.2. The molecule has 0 aliphatic carbocycles. The molecule has 2 N–H and O–H groups in total. The average molecular weight is 318 g/mol. The number of thioether (sulfide) groups is 1. The van der Waals surface area contributed by atoms with Crippen LogP contribution in [0.1, 0.15) is 31.0 Å². The largest absolute Gasteiger partial charge is 0.331 e. The summed E-state index contributed by atoms with van der Waals surface area (Å²) in [5.41, 5.74) is 3.00. The highest BCUT2D eigenvalue weighted by Gasteiger charge is 2.11. The van der Waals surface area contributed by atoms with E-state index >= 15 is 0 Å². The second kappa shape index (κ2) is 7.89. The van der Waals surface area contributed by atoms with Gasteiger partial charge in [0.15, 0.2) is 0 Å². The first-order chi connectivity index (χ1) is 10.6. The van der Waals surface area contributed by atoms with Gasteiger partial charge < -0.3 is 10.6 Å². The molecule has 1 heterocycles. The molecule has 0 bridgehead atoms. The van der Waals surface area contributed by atoms with Crippen molar-refractivity contribution in [1.82, 2.24) is 15.1 Å². The van der Waals surface area contributed by atoms with Gasteiger partial charge in [-0.1, -0.05) is 19.1 Å². The van der Waals surface area contributed by atoms with E-state index in [2.05, 4.69) is 28.7 Å². The fraction of sp³-hybridized carbons (Fsp3) is 0.375. The number of hydrogen-bond acceptors (Lipinski definition) is 3. The number of nitrogens with zero attached hydrogens (tertiary/aromatic N) is 2. The molecule has 0 spiro atoms. The summed E-state index contributed by atoms with van der Waals surface area (Å²) < 4.78 is 1.72. The molecule has 1 aromatic carbocycles. The Labute approximate surface area is 135 Å². The van der Waals surface area contributed by atoms with Gasteiger partial charge in [0.1, 0.15) is 0 Å². The van der Waals surface area contributed by atoms with Crippen LogP contribution in [0.5, 0.6) is 0 Å². The van der Waals surface area contributed by atoms with Crippen molar-refractivity contribution in [2.24, 2.45) is 7.05 Å². The normalized spacial score (nSPS) is 12.0. The Kier molecular flexibility index (Phi) is 5.89. The van der Waals surface area contributed by atoms with Crippen LogP contribution in [0.25, 0.3) is 0 Å². The maximum absolute atomic E-state index is 12.1. The monoisotopic (exact) mass is 318 g/mol. The number of urea groups is 1. The summed E-state index contributed by atoms with van der Waals surface area (Å²) >= 11 is 1.86. The lowest BCUT2D eigenvalue weighted by Gasteiger charge is -2.13. The number of anilines is 1. The van der Waals surface area contributed by atoms with Crippen LogP contribution in [0, 0.1) is 0 Å². The molecule has 2 amide bonds. The van der Waals surface area contributed by atoms with Crippen molar-refractivity contribution >= 4 is 23.5 Å². The summed E-state index contributed by atoms with van der Waals surface area (Å²) in [6.07, 6.45) is 3.65. The minimum Gasteiger partial charge on any atom is -0.331 e. The zero-order valence-corrected chi connectivity index (χ0v) is 14.0. The first-order valence-electron chi connectivity index (χ1n) is 7.31. The van der Waals surface area contributed by atoms with E-state index in [0.717, 1.165) is 22.8 Å². The quantitative estimate of drug-likeness (QED) is 0.856. The highest BCUT2D eigenvalue weighted by molar-refractivity contribution is 7.98. The van der Waals surface area contributed by atoms with Gasteiger partial charge in [-0.25, -0.2) is 4.79 Å². The van der Waals surface area contributed by atoms with E-state index in [0.29, 0.717) is 0 Å². The highest BCUT2D eigenvalue weighted by atomic mass is 32.2. The summed E-state index contributed by atoms with van der Waals surface area (Å²) in [5, 5.41) is 9.90.